The lowest BCUT2D eigenvalue weighted by atomic mass is 9.94. The fraction of sp³-hybridized carbons (Fsp3) is 0.778. The van der Waals surface area contributed by atoms with Crippen LogP contribution >= 0.6 is 0 Å². The maximum Gasteiger partial charge on any atom is 0.108 e. The lowest BCUT2D eigenvalue weighted by molar-refractivity contribution is -0.0316. The van der Waals surface area contributed by atoms with Gasteiger partial charge in [-0.25, -0.2) is 0 Å². The van der Waals surface area contributed by atoms with Crippen molar-refractivity contribution < 1.29 is 10.2 Å². The number of allylic oxidation sites excluding steroid dienone is 1. The third kappa shape index (κ3) is 3.04. The summed E-state index contributed by atoms with van der Waals surface area (Å²) in [5, 5.41) is 18.9. The van der Waals surface area contributed by atoms with E-state index in [-0.39, 0.29) is 0 Å². The number of aliphatic hydroxyl groups is 2. The van der Waals surface area contributed by atoms with Crippen LogP contribution in [0, 0.1) is 0 Å². The molecule has 0 radical (unpaired) electrons. The van der Waals surface area contributed by atoms with E-state index in [0.29, 0.717) is 6.42 Å². The maximum atomic E-state index is 9.69. The number of rotatable bonds is 4. The fourth-order valence-electron chi connectivity index (χ4n) is 0.874. The number of aliphatic hydroxyl groups excluding tert-OH is 1. The molecule has 11 heavy (non-hydrogen) atoms. The third-order valence-electron chi connectivity index (χ3n) is 1.93. The van der Waals surface area contributed by atoms with Gasteiger partial charge in [-0.15, -0.1) is 0 Å². The molecule has 0 saturated carbocycles. The number of hydrogen-bond donors (Lipinski definition) is 2. The minimum Gasteiger partial charge on any atom is -0.390 e. The van der Waals surface area contributed by atoms with E-state index >= 15 is 0 Å². The summed E-state index contributed by atoms with van der Waals surface area (Å²) in [6, 6.07) is 0. The average molecular weight is 158 g/mol. The highest BCUT2D eigenvalue weighted by atomic mass is 16.3. The van der Waals surface area contributed by atoms with Crippen LogP contribution in [0.2, 0.25) is 0 Å². The molecule has 0 amide bonds. The molecular formula is C9H18O2. The Bertz CT molecular complexity index is 130. The van der Waals surface area contributed by atoms with E-state index in [1.165, 1.54) is 0 Å². The molecule has 2 N–H and O–H groups in total. The highest BCUT2D eigenvalue weighted by molar-refractivity contribution is 5.03. The second-order valence-corrected chi connectivity index (χ2v) is 2.83. The van der Waals surface area contributed by atoms with Gasteiger partial charge >= 0.3 is 0 Å². The molecule has 2 unspecified atom stereocenters. The van der Waals surface area contributed by atoms with Crippen molar-refractivity contribution in [1.29, 1.82) is 0 Å². The van der Waals surface area contributed by atoms with E-state index < -0.39 is 11.7 Å². The zero-order valence-corrected chi connectivity index (χ0v) is 7.54. The molecule has 2 heteroatoms. The predicted octanol–water partition coefficient (Wildman–Crippen LogP) is 1.47. The normalized spacial score (nSPS) is 20.1. The molecule has 0 aliphatic rings. The van der Waals surface area contributed by atoms with Gasteiger partial charge in [0.1, 0.15) is 5.60 Å². The standard InChI is InChI=1S/C9H18O2/c1-4-6-7-9(11,5-2)8(3)10/h6-8,10-11H,4-5H2,1-3H3. The highest BCUT2D eigenvalue weighted by Crippen LogP contribution is 2.16. The summed E-state index contributed by atoms with van der Waals surface area (Å²) in [5.41, 5.74) is -1.03. The lowest BCUT2D eigenvalue weighted by Gasteiger charge is -2.25. The fourth-order valence-corrected chi connectivity index (χ4v) is 0.874. The Hall–Kier alpha value is -0.340. The molecule has 0 saturated heterocycles. The Balaban J connectivity index is 4.21. The van der Waals surface area contributed by atoms with Crippen molar-refractivity contribution >= 4 is 0 Å². The van der Waals surface area contributed by atoms with Crippen molar-refractivity contribution in [2.75, 3.05) is 0 Å². The lowest BCUT2D eigenvalue weighted by Crippen LogP contribution is -2.37. The molecule has 66 valence electrons. The van der Waals surface area contributed by atoms with Crippen molar-refractivity contribution in [3.63, 3.8) is 0 Å². The Kier molecular flexibility index (Phi) is 4.38. The molecule has 0 spiro atoms. The molecule has 0 aliphatic carbocycles. The molecule has 0 aromatic carbocycles. The molecule has 0 fully saturated rings. The van der Waals surface area contributed by atoms with E-state index in [1.807, 2.05) is 19.9 Å². The van der Waals surface area contributed by atoms with Gasteiger partial charge in [0.15, 0.2) is 0 Å². The van der Waals surface area contributed by atoms with Gasteiger partial charge in [0.25, 0.3) is 0 Å². The zero-order chi connectivity index (χ0) is 8.91. The van der Waals surface area contributed by atoms with Crippen molar-refractivity contribution in [1.82, 2.24) is 0 Å². The van der Waals surface area contributed by atoms with Gasteiger partial charge in [0, 0.05) is 0 Å². The summed E-state index contributed by atoms with van der Waals surface area (Å²) in [6.45, 7) is 5.45. The van der Waals surface area contributed by atoms with Crippen molar-refractivity contribution in [2.24, 2.45) is 0 Å². The average Bonchev–Trinajstić information content (AvgIpc) is 2.00. The Morgan fingerprint density at radius 2 is 2.00 bits per heavy atom. The SMILES string of the molecule is CCC=CC(O)(CC)C(C)O. The molecular weight excluding hydrogens is 140 g/mol. The highest BCUT2D eigenvalue weighted by Gasteiger charge is 2.26. The first-order valence-corrected chi connectivity index (χ1v) is 4.15. The van der Waals surface area contributed by atoms with Crippen LogP contribution in [0.1, 0.15) is 33.6 Å². The smallest absolute Gasteiger partial charge is 0.108 e. The quantitative estimate of drug-likeness (QED) is 0.608. The molecule has 0 bridgehead atoms. The Labute approximate surface area is 68.6 Å². The van der Waals surface area contributed by atoms with Gasteiger partial charge in [0.05, 0.1) is 6.10 Å². The van der Waals surface area contributed by atoms with Crippen LogP contribution in [0.4, 0.5) is 0 Å². The van der Waals surface area contributed by atoms with E-state index in [4.69, 9.17) is 0 Å². The van der Waals surface area contributed by atoms with Crippen LogP contribution < -0.4 is 0 Å². The van der Waals surface area contributed by atoms with Gasteiger partial charge in [-0.2, -0.15) is 0 Å². The molecule has 0 aromatic rings. The zero-order valence-electron chi connectivity index (χ0n) is 7.54. The van der Waals surface area contributed by atoms with Crippen molar-refractivity contribution in [3.05, 3.63) is 12.2 Å². The monoisotopic (exact) mass is 158 g/mol. The molecule has 0 heterocycles. The van der Waals surface area contributed by atoms with Gasteiger partial charge < -0.3 is 10.2 Å². The van der Waals surface area contributed by atoms with E-state index in [0.717, 1.165) is 6.42 Å². The molecule has 0 rings (SSSR count). The Morgan fingerprint density at radius 3 is 2.27 bits per heavy atom. The van der Waals surface area contributed by atoms with Gasteiger partial charge in [-0.1, -0.05) is 26.0 Å². The van der Waals surface area contributed by atoms with Crippen LogP contribution in [-0.4, -0.2) is 21.9 Å². The van der Waals surface area contributed by atoms with Gasteiger partial charge in [-0.05, 0) is 19.8 Å². The maximum absolute atomic E-state index is 9.69. The topological polar surface area (TPSA) is 40.5 Å². The minimum atomic E-state index is -1.03. The van der Waals surface area contributed by atoms with E-state index in [2.05, 4.69) is 0 Å². The summed E-state index contributed by atoms with van der Waals surface area (Å²) >= 11 is 0. The molecule has 0 aliphatic heterocycles. The van der Waals surface area contributed by atoms with Crippen LogP contribution in [0.5, 0.6) is 0 Å². The first-order chi connectivity index (χ1) is 5.06. The summed E-state index contributed by atoms with van der Waals surface area (Å²) < 4.78 is 0. The van der Waals surface area contributed by atoms with Gasteiger partial charge in [-0.3, -0.25) is 0 Å². The van der Waals surface area contributed by atoms with Crippen molar-refractivity contribution in [2.45, 2.75) is 45.3 Å². The summed E-state index contributed by atoms with van der Waals surface area (Å²) in [4.78, 5) is 0. The molecule has 0 aromatic heterocycles. The summed E-state index contributed by atoms with van der Waals surface area (Å²) in [6.07, 6.45) is 4.28. The second kappa shape index (κ2) is 4.52. The Morgan fingerprint density at radius 1 is 1.45 bits per heavy atom. The third-order valence-corrected chi connectivity index (χ3v) is 1.93. The molecule has 2 nitrogen and oxygen atoms in total. The van der Waals surface area contributed by atoms with Crippen LogP contribution in [0.3, 0.4) is 0 Å². The summed E-state index contributed by atoms with van der Waals surface area (Å²) in [7, 11) is 0. The summed E-state index contributed by atoms with van der Waals surface area (Å²) in [5.74, 6) is 0. The second-order valence-electron chi connectivity index (χ2n) is 2.83. The molecule has 2 atom stereocenters. The first kappa shape index (κ1) is 10.7. The van der Waals surface area contributed by atoms with Crippen LogP contribution in [0.25, 0.3) is 0 Å². The van der Waals surface area contributed by atoms with Crippen molar-refractivity contribution in [3.8, 4) is 0 Å². The number of hydrogen-bond acceptors (Lipinski definition) is 2. The minimum absolute atomic E-state index is 0.543. The van der Waals surface area contributed by atoms with E-state index in [9.17, 15) is 10.2 Å². The van der Waals surface area contributed by atoms with Crippen LogP contribution in [0.15, 0.2) is 12.2 Å². The van der Waals surface area contributed by atoms with Crippen LogP contribution in [-0.2, 0) is 0 Å². The van der Waals surface area contributed by atoms with Gasteiger partial charge in [0.2, 0.25) is 0 Å². The predicted molar refractivity (Wildman–Crippen MR) is 46.4 cm³/mol. The van der Waals surface area contributed by atoms with E-state index in [1.54, 1.807) is 13.0 Å². The largest absolute Gasteiger partial charge is 0.390 e. The first-order valence-electron chi connectivity index (χ1n) is 4.15.